The molecule has 1 aromatic heterocycles. The first-order valence-electron chi connectivity index (χ1n) is 5.74. The van der Waals surface area contributed by atoms with Gasteiger partial charge in [0.2, 0.25) is 0 Å². The van der Waals surface area contributed by atoms with Crippen molar-refractivity contribution in [1.82, 2.24) is 0 Å². The first-order valence-corrected chi connectivity index (χ1v) is 5.74. The number of aliphatic hydroxyl groups is 1. The topological polar surface area (TPSA) is 33.4 Å². The SMILES string of the molecule is CCc1occc1C(O)c1cc(F)c(C)cc1F. The molecular formula is C14H14F2O2. The van der Waals surface area contributed by atoms with Crippen LogP contribution in [0.25, 0.3) is 0 Å². The van der Waals surface area contributed by atoms with E-state index >= 15 is 0 Å². The molecule has 1 N–H and O–H groups in total. The van der Waals surface area contributed by atoms with E-state index in [1.54, 1.807) is 6.07 Å². The van der Waals surface area contributed by atoms with Gasteiger partial charge in [-0.05, 0) is 30.7 Å². The molecule has 1 atom stereocenters. The predicted octanol–water partition coefficient (Wildman–Crippen LogP) is 3.51. The van der Waals surface area contributed by atoms with Crippen LogP contribution in [0.15, 0.2) is 28.9 Å². The van der Waals surface area contributed by atoms with Gasteiger partial charge in [0.15, 0.2) is 0 Å². The van der Waals surface area contributed by atoms with Gasteiger partial charge in [-0.15, -0.1) is 0 Å². The van der Waals surface area contributed by atoms with Crippen molar-refractivity contribution in [3.8, 4) is 0 Å². The molecule has 1 aromatic carbocycles. The number of benzene rings is 1. The molecule has 0 bridgehead atoms. The minimum atomic E-state index is -1.21. The summed E-state index contributed by atoms with van der Waals surface area (Å²) in [7, 11) is 0. The highest BCUT2D eigenvalue weighted by atomic mass is 19.1. The maximum absolute atomic E-state index is 13.8. The van der Waals surface area contributed by atoms with Gasteiger partial charge in [-0.25, -0.2) is 8.78 Å². The van der Waals surface area contributed by atoms with Crippen molar-refractivity contribution in [2.45, 2.75) is 26.4 Å². The Balaban J connectivity index is 2.46. The van der Waals surface area contributed by atoms with E-state index in [1.807, 2.05) is 6.92 Å². The molecule has 0 aliphatic carbocycles. The van der Waals surface area contributed by atoms with Crippen LogP contribution in [0, 0.1) is 18.6 Å². The summed E-state index contributed by atoms with van der Waals surface area (Å²) >= 11 is 0. The van der Waals surface area contributed by atoms with Gasteiger partial charge in [-0.1, -0.05) is 6.92 Å². The van der Waals surface area contributed by atoms with Gasteiger partial charge >= 0.3 is 0 Å². The molecule has 0 aliphatic heterocycles. The third kappa shape index (κ3) is 2.16. The van der Waals surface area contributed by atoms with Gasteiger partial charge in [-0.3, -0.25) is 0 Å². The number of aliphatic hydroxyl groups excluding tert-OH is 1. The van der Waals surface area contributed by atoms with E-state index in [0.717, 1.165) is 12.1 Å². The summed E-state index contributed by atoms with van der Waals surface area (Å²) < 4.78 is 32.4. The lowest BCUT2D eigenvalue weighted by atomic mass is 9.99. The molecule has 0 saturated heterocycles. The maximum atomic E-state index is 13.8. The maximum Gasteiger partial charge on any atom is 0.129 e. The first-order chi connectivity index (χ1) is 8.54. The third-order valence-electron chi connectivity index (χ3n) is 2.97. The van der Waals surface area contributed by atoms with E-state index in [4.69, 9.17) is 4.42 Å². The fourth-order valence-electron chi connectivity index (χ4n) is 1.92. The molecule has 0 spiro atoms. The predicted molar refractivity (Wildman–Crippen MR) is 63.2 cm³/mol. The Kier molecular flexibility index (Phi) is 3.48. The number of hydrogen-bond acceptors (Lipinski definition) is 2. The molecular weight excluding hydrogens is 238 g/mol. The summed E-state index contributed by atoms with van der Waals surface area (Å²) in [6.45, 7) is 3.34. The van der Waals surface area contributed by atoms with Crippen LogP contribution in [0.3, 0.4) is 0 Å². The molecule has 4 heteroatoms. The average molecular weight is 252 g/mol. The molecule has 96 valence electrons. The summed E-state index contributed by atoms with van der Waals surface area (Å²) in [4.78, 5) is 0. The summed E-state index contributed by atoms with van der Waals surface area (Å²) in [5.41, 5.74) is 0.611. The van der Waals surface area contributed by atoms with E-state index in [0.29, 0.717) is 17.7 Å². The highest BCUT2D eigenvalue weighted by Crippen LogP contribution is 2.29. The molecule has 2 aromatic rings. The summed E-state index contributed by atoms with van der Waals surface area (Å²) in [5.74, 6) is -0.584. The Hall–Kier alpha value is -1.68. The van der Waals surface area contributed by atoms with Gasteiger partial charge in [0.1, 0.15) is 23.5 Å². The number of furan rings is 1. The van der Waals surface area contributed by atoms with Crippen LogP contribution in [0.1, 0.15) is 35.5 Å². The standard InChI is InChI=1S/C14H14F2O2/c1-3-13-9(4-5-18-13)14(17)10-7-11(15)8(2)6-12(10)16/h4-7,14,17H,3H2,1-2H3. The molecule has 0 aliphatic rings. The molecule has 0 saturated carbocycles. The highest BCUT2D eigenvalue weighted by molar-refractivity contribution is 5.34. The first kappa shape index (κ1) is 12.8. The Morgan fingerprint density at radius 2 is 1.94 bits per heavy atom. The van der Waals surface area contributed by atoms with Crippen molar-refractivity contribution in [3.05, 3.63) is 58.5 Å². The van der Waals surface area contributed by atoms with Crippen LogP contribution in [0.4, 0.5) is 8.78 Å². The van der Waals surface area contributed by atoms with Crippen molar-refractivity contribution < 1.29 is 18.3 Å². The van der Waals surface area contributed by atoms with E-state index < -0.39 is 17.7 Å². The number of halogens is 2. The second kappa shape index (κ2) is 4.90. The average Bonchev–Trinajstić information content (AvgIpc) is 2.81. The fourth-order valence-corrected chi connectivity index (χ4v) is 1.92. The van der Waals surface area contributed by atoms with Crippen LogP contribution < -0.4 is 0 Å². The zero-order chi connectivity index (χ0) is 13.3. The lowest BCUT2D eigenvalue weighted by Gasteiger charge is -2.13. The van der Waals surface area contributed by atoms with E-state index in [9.17, 15) is 13.9 Å². The minimum Gasteiger partial charge on any atom is -0.469 e. The summed E-state index contributed by atoms with van der Waals surface area (Å²) in [6.07, 6.45) is 0.795. The molecule has 2 nitrogen and oxygen atoms in total. The minimum absolute atomic E-state index is 0.0748. The molecule has 18 heavy (non-hydrogen) atoms. The van der Waals surface area contributed by atoms with Crippen LogP contribution in [0.2, 0.25) is 0 Å². The van der Waals surface area contributed by atoms with Gasteiger partial charge in [-0.2, -0.15) is 0 Å². The molecule has 0 radical (unpaired) electrons. The zero-order valence-corrected chi connectivity index (χ0v) is 10.2. The second-order valence-electron chi connectivity index (χ2n) is 4.18. The molecule has 0 fully saturated rings. The van der Waals surface area contributed by atoms with Crippen LogP contribution >= 0.6 is 0 Å². The Morgan fingerprint density at radius 3 is 2.61 bits per heavy atom. The smallest absolute Gasteiger partial charge is 0.129 e. The zero-order valence-electron chi connectivity index (χ0n) is 10.2. The molecule has 2 rings (SSSR count). The quantitative estimate of drug-likeness (QED) is 0.906. The van der Waals surface area contributed by atoms with Gasteiger partial charge in [0.25, 0.3) is 0 Å². The van der Waals surface area contributed by atoms with E-state index in [2.05, 4.69) is 0 Å². The fraction of sp³-hybridized carbons (Fsp3) is 0.286. The van der Waals surface area contributed by atoms with Crippen LogP contribution in [0.5, 0.6) is 0 Å². The number of rotatable bonds is 3. The normalized spacial score (nSPS) is 12.7. The van der Waals surface area contributed by atoms with Gasteiger partial charge < -0.3 is 9.52 Å². The lowest BCUT2D eigenvalue weighted by molar-refractivity contribution is 0.211. The van der Waals surface area contributed by atoms with E-state index in [-0.39, 0.29) is 11.1 Å². The Labute approximate surface area is 104 Å². The van der Waals surface area contributed by atoms with Crippen LogP contribution in [-0.2, 0) is 6.42 Å². The van der Waals surface area contributed by atoms with Gasteiger partial charge in [0, 0.05) is 17.5 Å². The largest absolute Gasteiger partial charge is 0.469 e. The Bertz CT molecular complexity index is 561. The van der Waals surface area contributed by atoms with Crippen molar-refractivity contribution in [1.29, 1.82) is 0 Å². The molecule has 0 amide bonds. The number of hydrogen-bond donors (Lipinski definition) is 1. The monoisotopic (exact) mass is 252 g/mol. The molecule has 1 heterocycles. The van der Waals surface area contributed by atoms with Gasteiger partial charge in [0.05, 0.1) is 6.26 Å². The second-order valence-corrected chi connectivity index (χ2v) is 4.18. The number of aryl methyl sites for hydroxylation is 2. The van der Waals surface area contributed by atoms with Crippen molar-refractivity contribution >= 4 is 0 Å². The lowest BCUT2D eigenvalue weighted by Crippen LogP contribution is -2.05. The molecule has 1 unspecified atom stereocenters. The van der Waals surface area contributed by atoms with Crippen molar-refractivity contribution in [2.24, 2.45) is 0 Å². The van der Waals surface area contributed by atoms with Crippen molar-refractivity contribution in [2.75, 3.05) is 0 Å². The van der Waals surface area contributed by atoms with Crippen LogP contribution in [-0.4, -0.2) is 5.11 Å². The third-order valence-corrected chi connectivity index (χ3v) is 2.97. The van der Waals surface area contributed by atoms with Crippen molar-refractivity contribution in [3.63, 3.8) is 0 Å². The van der Waals surface area contributed by atoms with E-state index in [1.165, 1.54) is 13.2 Å². The highest BCUT2D eigenvalue weighted by Gasteiger charge is 2.21. The Morgan fingerprint density at radius 1 is 1.22 bits per heavy atom. The summed E-state index contributed by atoms with van der Waals surface area (Å²) in [5, 5.41) is 10.1. The summed E-state index contributed by atoms with van der Waals surface area (Å²) in [6, 6.07) is 3.68.